The minimum absolute atomic E-state index is 0.224. The number of benzene rings is 1. The van der Waals surface area contributed by atoms with Crippen molar-refractivity contribution in [3.05, 3.63) is 24.3 Å². The van der Waals surface area contributed by atoms with E-state index < -0.39 is 12.3 Å². The van der Waals surface area contributed by atoms with Gasteiger partial charge in [0.05, 0.1) is 0 Å². The van der Waals surface area contributed by atoms with E-state index in [0.29, 0.717) is 18.6 Å². The van der Waals surface area contributed by atoms with Gasteiger partial charge in [0.1, 0.15) is 18.4 Å². The van der Waals surface area contributed by atoms with Crippen LogP contribution in [0.5, 0.6) is 5.75 Å². The van der Waals surface area contributed by atoms with Crippen LogP contribution in [0.25, 0.3) is 0 Å². The van der Waals surface area contributed by atoms with Crippen molar-refractivity contribution >= 4 is 17.5 Å². The van der Waals surface area contributed by atoms with E-state index in [4.69, 9.17) is 14.2 Å². The third-order valence-electron chi connectivity index (χ3n) is 3.35. The minimum atomic E-state index is -0.415. The van der Waals surface area contributed by atoms with Crippen LogP contribution in [0, 0.1) is 0 Å². The van der Waals surface area contributed by atoms with Crippen LogP contribution in [0.4, 0.5) is 5.69 Å². The zero-order chi connectivity index (χ0) is 15.9. The fraction of sp³-hybridized carbons (Fsp3) is 0.467. The van der Waals surface area contributed by atoms with Crippen molar-refractivity contribution < 1.29 is 23.8 Å². The number of nitrogens with one attached hydrogen (secondary N) is 2. The van der Waals surface area contributed by atoms with E-state index in [9.17, 15) is 9.59 Å². The first kappa shape index (κ1) is 16.3. The molecule has 120 valence electrons. The standard InChI is InChI=1S/C15H20N2O5/c1-20-14(21-2)9-22-11-5-3-10(4-6-11)16-12-7-8-13(18)17-15(12)19/h3-6,12,14,16H,7-9H2,1-2H3,(H,17,18,19)/t12-/m1/s1. The first-order valence-electron chi connectivity index (χ1n) is 7.01. The van der Waals surface area contributed by atoms with Gasteiger partial charge in [0, 0.05) is 26.3 Å². The number of carbonyl (C=O) groups is 2. The molecule has 2 rings (SSSR count). The highest BCUT2D eigenvalue weighted by Crippen LogP contribution is 2.18. The molecule has 0 radical (unpaired) electrons. The summed E-state index contributed by atoms with van der Waals surface area (Å²) in [6.45, 7) is 0.285. The smallest absolute Gasteiger partial charge is 0.249 e. The number of imide groups is 1. The summed E-state index contributed by atoms with van der Waals surface area (Å²) in [5.74, 6) is 0.158. The average molecular weight is 308 g/mol. The van der Waals surface area contributed by atoms with Crippen molar-refractivity contribution in [2.45, 2.75) is 25.2 Å². The molecule has 1 heterocycles. The third-order valence-corrected chi connectivity index (χ3v) is 3.35. The van der Waals surface area contributed by atoms with Gasteiger partial charge >= 0.3 is 0 Å². The Kier molecular flexibility index (Phi) is 5.74. The first-order valence-corrected chi connectivity index (χ1v) is 7.01. The zero-order valence-electron chi connectivity index (χ0n) is 12.6. The monoisotopic (exact) mass is 308 g/mol. The van der Waals surface area contributed by atoms with E-state index in [0.717, 1.165) is 5.69 Å². The SMILES string of the molecule is COC(COc1ccc(N[C@@H]2CCC(=O)NC2=O)cc1)OC. The van der Waals surface area contributed by atoms with Crippen LogP contribution < -0.4 is 15.4 Å². The summed E-state index contributed by atoms with van der Waals surface area (Å²) in [6, 6.07) is 6.81. The Morgan fingerprint density at radius 2 is 1.91 bits per heavy atom. The highest BCUT2D eigenvalue weighted by molar-refractivity contribution is 6.01. The topological polar surface area (TPSA) is 85.9 Å². The molecule has 1 saturated heterocycles. The molecular weight excluding hydrogens is 288 g/mol. The molecule has 1 aromatic carbocycles. The maximum absolute atomic E-state index is 11.7. The van der Waals surface area contributed by atoms with Crippen molar-refractivity contribution in [1.82, 2.24) is 5.32 Å². The van der Waals surface area contributed by atoms with Gasteiger partial charge < -0.3 is 19.5 Å². The summed E-state index contributed by atoms with van der Waals surface area (Å²) in [7, 11) is 3.09. The maximum Gasteiger partial charge on any atom is 0.249 e. The van der Waals surface area contributed by atoms with E-state index in [2.05, 4.69) is 10.6 Å². The Labute approximate surface area is 128 Å². The highest BCUT2D eigenvalue weighted by Gasteiger charge is 2.26. The molecule has 1 atom stereocenters. The molecule has 0 saturated carbocycles. The molecule has 1 fully saturated rings. The average Bonchev–Trinajstić information content (AvgIpc) is 2.52. The largest absolute Gasteiger partial charge is 0.488 e. The lowest BCUT2D eigenvalue weighted by atomic mass is 10.1. The van der Waals surface area contributed by atoms with Crippen molar-refractivity contribution in [2.24, 2.45) is 0 Å². The molecule has 7 nitrogen and oxygen atoms in total. The Hall–Kier alpha value is -2.12. The number of piperidine rings is 1. The molecule has 1 aliphatic rings. The molecule has 0 spiro atoms. The lowest BCUT2D eigenvalue weighted by Gasteiger charge is -2.22. The van der Waals surface area contributed by atoms with Crippen LogP contribution in [-0.2, 0) is 19.1 Å². The van der Waals surface area contributed by atoms with E-state index >= 15 is 0 Å². The molecule has 22 heavy (non-hydrogen) atoms. The fourth-order valence-corrected chi connectivity index (χ4v) is 2.08. The summed E-state index contributed by atoms with van der Waals surface area (Å²) in [6.07, 6.45) is 0.424. The van der Waals surface area contributed by atoms with E-state index in [1.54, 1.807) is 26.4 Å². The minimum Gasteiger partial charge on any atom is -0.488 e. The quantitative estimate of drug-likeness (QED) is 0.575. The number of ether oxygens (including phenoxy) is 3. The highest BCUT2D eigenvalue weighted by atomic mass is 16.7. The van der Waals surface area contributed by atoms with Gasteiger partial charge in [-0.15, -0.1) is 0 Å². The lowest BCUT2D eigenvalue weighted by Crippen LogP contribution is -2.47. The first-order chi connectivity index (χ1) is 10.6. The number of hydrogen-bond donors (Lipinski definition) is 2. The number of rotatable bonds is 7. The molecule has 1 aliphatic heterocycles. The molecule has 1 aromatic rings. The Balaban J connectivity index is 1.86. The number of hydrogen-bond acceptors (Lipinski definition) is 6. The van der Waals surface area contributed by atoms with E-state index in [1.807, 2.05) is 12.1 Å². The van der Waals surface area contributed by atoms with Crippen LogP contribution in [0.1, 0.15) is 12.8 Å². The fourth-order valence-electron chi connectivity index (χ4n) is 2.08. The van der Waals surface area contributed by atoms with Crippen LogP contribution in [0.15, 0.2) is 24.3 Å². The van der Waals surface area contributed by atoms with Gasteiger partial charge in [0.15, 0.2) is 6.29 Å². The molecule has 2 amide bonds. The van der Waals surface area contributed by atoms with Gasteiger partial charge in [0.2, 0.25) is 11.8 Å². The second-order valence-electron chi connectivity index (χ2n) is 4.88. The number of methoxy groups -OCH3 is 2. The number of amides is 2. The summed E-state index contributed by atoms with van der Waals surface area (Å²) in [5, 5.41) is 5.41. The van der Waals surface area contributed by atoms with Crippen LogP contribution in [-0.4, -0.2) is 45.0 Å². The second-order valence-corrected chi connectivity index (χ2v) is 4.88. The molecule has 0 bridgehead atoms. The van der Waals surface area contributed by atoms with Gasteiger partial charge in [-0.25, -0.2) is 0 Å². The Morgan fingerprint density at radius 3 is 2.50 bits per heavy atom. The molecule has 0 unspecified atom stereocenters. The number of carbonyl (C=O) groups excluding carboxylic acids is 2. The molecular formula is C15H20N2O5. The molecule has 0 aromatic heterocycles. The Bertz CT molecular complexity index is 513. The summed E-state index contributed by atoms with van der Waals surface area (Å²) in [4.78, 5) is 22.8. The predicted octanol–water partition coefficient (Wildman–Crippen LogP) is 0.901. The van der Waals surface area contributed by atoms with Crippen molar-refractivity contribution in [3.8, 4) is 5.75 Å². The number of anilines is 1. The van der Waals surface area contributed by atoms with Crippen LogP contribution >= 0.6 is 0 Å². The van der Waals surface area contributed by atoms with Gasteiger partial charge in [-0.05, 0) is 30.7 Å². The normalized spacial score (nSPS) is 18.2. The summed E-state index contributed by atoms with van der Waals surface area (Å²) in [5.41, 5.74) is 0.789. The Morgan fingerprint density at radius 1 is 1.23 bits per heavy atom. The predicted molar refractivity (Wildman–Crippen MR) is 79.5 cm³/mol. The van der Waals surface area contributed by atoms with E-state index in [-0.39, 0.29) is 18.4 Å². The van der Waals surface area contributed by atoms with E-state index in [1.165, 1.54) is 0 Å². The summed E-state index contributed by atoms with van der Waals surface area (Å²) >= 11 is 0. The second kappa shape index (κ2) is 7.77. The maximum atomic E-state index is 11.7. The van der Waals surface area contributed by atoms with Gasteiger partial charge in [-0.3, -0.25) is 14.9 Å². The van der Waals surface area contributed by atoms with Crippen molar-refractivity contribution in [2.75, 3.05) is 26.1 Å². The van der Waals surface area contributed by atoms with Crippen LogP contribution in [0.3, 0.4) is 0 Å². The van der Waals surface area contributed by atoms with Gasteiger partial charge in [-0.1, -0.05) is 0 Å². The zero-order valence-corrected chi connectivity index (χ0v) is 12.6. The van der Waals surface area contributed by atoms with Crippen molar-refractivity contribution in [3.63, 3.8) is 0 Å². The van der Waals surface area contributed by atoms with Crippen LogP contribution in [0.2, 0.25) is 0 Å². The summed E-state index contributed by atoms with van der Waals surface area (Å²) < 4.78 is 15.6. The van der Waals surface area contributed by atoms with Gasteiger partial charge in [0.25, 0.3) is 0 Å². The molecule has 0 aliphatic carbocycles. The lowest BCUT2D eigenvalue weighted by molar-refractivity contribution is -0.133. The molecule has 2 N–H and O–H groups in total. The van der Waals surface area contributed by atoms with Gasteiger partial charge in [-0.2, -0.15) is 0 Å². The third kappa shape index (κ3) is 4.44. The van der Waals surface area contributed by atoms with Crippen molar-refractivity contribution in [1.29, 1.82) is 0 Å². The molecule has 7 heteroatoms.